The molecule has 0 saturated carbocycles. The zero-order chi connectivity index (χ0) is 19.8. The molecule has 0 aromatic carbocycles. The van der Waals surface area contributed by atoms with Crippen molar-refractivity contribution in [2.75, 3.05) is 51.3 Å². The van der Waals surface area contributed by atoms with Crippen LogP contribution in [0.25, 0.3) is 0 Å². The van der Waals surface area contributed by atoms with Gasteiger partial charge in [0.25, 0.3) is 0 Å². The van der Waals surface area contributed by atoms with E-state index in [0.717, 1.165) is 38.0 Å². The van der Waals surface area contributed by atoms with Crippen LogP contribution in [0.5, 0.6) is 0 Å². The molecule has 0 bridgehead atoms. The highest BCUT2D eigenvalue weighted by atomic mass is 16.5. The van der Waals surface area contributed by atoms with Crippen molar-refractivity contribution in [1.82, 2.24) is 20.5 Å². The number of piperidine rings is 1. The number of hydrogen-bond acceptors (Lipinski definition) is 5. The molecule has 0 aliphatic carbocycles. The van der Waals surface area contributed by atoms with Crippen LogP contribution in [-0.4, -0.2) is 74.4 Å². The van der Waals surface area contributed by atoms with Crippen molar-refractivity contribution in [3.05, 3.63) is 23.9 Å². The first-order valence-electron chi connectivity index (χ1n) is 10.7. The lowest BCUT2D eigenvalue weighted by atomic mass is 10.1. The minimum absolute atomic E-state index is 0.254. The quantitative estimate of drug-likeness (QED) is 0.573. The fraction of sp³-hybridized carbons (Fsp3) is 0.714. The number of aliphatic imine (C=N–C) groups is 1. The molecule has 28 heavy (non-hydrogen) atoms. The van der Waals surface area contributed by atoms with Gasteiger partial charge in [-0.05, 0) is 50.4 Å². The smallest absolute Gasteiger partial charge is 0.191 e. The fourth-order valence-electron chi connectivity index (χ4n) is 3.96. The molecule has 1 aromatic rings. The van der Waals surface area contributed by atoms with Gasteiger partial charge in [-0.2, -0.15) is 0 Å². The second kappa shape index (κ2) is 10.6. The molecule has 2 fully saturated rings. The highest BCUT2D eigenvalue weighted by molar-refractivity contribution is 5.80. The summed E-state index contributed by atoms with van der Waals surface area (Å²) in [5, 5.41) is 7.05. The van der Waals surface area contributed by atoms with Gasteiger partial charge in [0.2, 0.25) is 0 Å². The van der Waals surface area contributed by atoms with E-state index in [1.807, 2.05) is 13.2 Å². The summed E-state index contributed by atoms with van der Waals surface area (Å²) in [6.07, 6.45) is 5.74. The third-order valence-electron chi connectivity index (χ3n) is 5.53. The Morgan fingerprint density at radius 2 is 2.14 bits per heavy atom. The topological polar surface area (TPSA) is 65.0 Å². The van der Waals surface area contributed by atoms with Gasteiger partial charge in [-0.1, -0.05) is 6.92 Å². The van der Waals surface area contributed by atoms with Crippen molar-refractivity contribution in [2.45, 2.75) is 51.8 Å². The Bertz CT molecular complexity index is 629. The maximum atomic E-state index is 5.64. The van der Waals surface area contributed by atoms with E-state index >= 15 is 0 Å². The van der Waals surface area contributed by atoms with Crippen molar-refractivity contribution in [2.24, 2.45) is 4.99 Å². The first kappa shape index (κ1) is 20.9. The van der Waals surface area contributed by atoms with Gasteiger partial charge >= 0.3 is 0 Å². The Balaban J connectivity index is 1.48. The summed E-state index contributed by atoms with van der Waals surface area (Å²) in [5.41, 5.74) is 1.21. The van der Waals surface area contributed by atoms with E-state index in [1.54, 1.807) is 0 Å². The molecule has 2 aliphatic heterocycles. The molecule has 7 heteroatoms. The Kier molecular flexibility index (Phi) is 7.91. The van der Waals surface area contributed by atoms with E-state index in [0.29, 0.717) is 6.04 Å². The number of rotatable bonds is 6. The number of nitrogens with one attached hydrogen (secondary N) is 2. The zero-order valence-corrected chi connectivity index (χ0v) is 17.7. The van der Waals surface area contributed by atoms with Crippen molar-refractivity contribution < 1.29 is 4.74 Å². The highest BCUT2D eigenvalue weighted by Crippen LogP contribution is 2.16. The lowest BCUT2D eigenvalue weighted by Gasteiger charge is -2.33. The Morgan fingerprint density at radius 3 is 2.86 bits per heavy atom. The summed E-state index contributed by atoms with van der Waals surface area (Å²) in [5.74, 6) is 1.91. The number of morpholine rings is 1. The maximum absolute atomic E-state index is 5.64. The van der Waals surface area contributed by atoms with Gasteiger partial charge in [0, 0.05) is 52.0 Å². The molecule has 2 saturated heterocycles. The minimum Gasteiger partial charge on any atom is -0.375 e. The summed E-state index contributed by atoms with van der Waals surface area (Å²) in [4.78, 5) is 13.8. The first-order chi connectivity index (χ1) is 13.7. The van der Waals surface area contributed by atoms with Crippen LogP contribution in [0.1, 0.15) is 38.7 Å². The van der Waals surface area contributed by atoms with Crippen molar-refractivity contribution in [3.8, 4) is 0 Å². The lowest BCUT2D eigenvalue weighted by molar-refractivity contribution is 0.0529. The molecular formula is C21H36N6O. The van der Waals surface area contributed by atoms with Gasteiger partial charge in [-0.25, -0.2) is 4.98 Å². The third kappa shape index (κ3) is 6.07. The second-order valence-corrected chi connectivity index (χ2v) is 7.84. The summed E-state index contributed by atoms with van der Waals surface area (Å²) in [6.45, 7) is 11.2. The SMILES string of the molecule is CCCN1CCC(NC(=NC)NCc2ccnc(N3CCOC(C)C3)c2)CC1. The molecule has 2 N–H and O–H groups in total. The molecule has 3 rings (SSSR count). The van der Waals surface area contributed by atoms with Crippen LogP contribution in [0.2, 0.25) is 0 Å². The number of nitrogens with zero attached hydrogens (tertiary/aromatic N) is 4. The monoisotopic (exact) mass is 388 g/mol. The van der Waals surface area contributed by atoms with Crippen molar-refractivity contribution in [1.29, 1.82) is 0 Å². The molecule has 156 valence electrons. The van der Waals surface area contributed by atoms with Gasteiger partial charge < -0.3 is 25.2 Å². The van der Waals surface area contributed by atoms with Crippen LogP contribution in [-0.2, 0) is 11.3 Å². The number of likely N-dealkylation sites (tertiary alicyclic amines) is 1. The van der Waals surface area contributed by atoms with Crippen LogP contribution in [0, 0.1) is 0 Å². The van der Waals surface area contributed by atoms with Crippen LogP contribution in [0.15, 0.2) is 23.3 Å². The number of anilines is 1. The van der Waals surface area contributed by atoms with Crippen molar-refractivity contribution >= 4 is 11.8 Å². The van der Waals surface area contributed by atoms with Crippen LogP contribution in [0.4, 0.5) is 5.82 Å². The maximum Gasteiger partial charge on any atom is 0.191 e. The molecule has 1 aromatic heterocycles. The van der Waals surface area contributed by atoms with E-state index in [9.17, 15) is 0 Å². The van der Waals surface area contributed by atoms with E-state index in [-0.39, 0.29) is 6.10 Å². The first-order valence-corrected chi connectivity index (χ1v) is 10.7. The average Bonchev–Trinajstić information content (AvgIpc) is 2.73. The van der Waals surface area contributed by atoms with Gasteiger partial charge in [-0.15, -0.1) is 0 Å². The minimum atomic E-state index is 0.254. The van der Waals surface area contributed by atoms with Crippen LogP contribution < -0.4 is 15.5 Å². The van der Waals surface area contributed by atoms with E-state index in [2.05, 4.69) is 56.4 Å². The number of hydrogen-bond donors (Lipinski definition) is 2. The van der Waals surface area contributed by atoms with E-state index in [1.165, 1.54) is 44.5 Å². The average molecular weight is 389 g/mol. The molecule has 1 unspecified atom stereocenters. The fourth-order valence-corrected chi connectivity index (χ4v) is 3.96. The molecule has 0 amide bonds. The van der Waals surface area contributed by atoms with E-state index in [4.69, 9.17) is 4.74 Å². The molecule has 3 heterocycles. The molecule has 1 atom stereocenters. The third-order valence-corrected chi connectivity index (χ3v) is 5.53. The van der Waals surface area contributed by atoms with Gasteiger partial charge in [-0.3, -0.25) is 4.99 Å². The Labute approximate surface area is 169 Å². The number of guanidine groups is 1. The summed E-state index contributed by atoms with van der Waals surface area (Å²) >= 11 is 0. The summed E-state index contributed by atoms with van der Waals surface area (Å²) in [7, 11) is 1.84. The summed E-state index contributed by atoms with van der Waals surface area (Å²) in [6, 6.07) is 4.74. The number of ether oxygens (including phenoxy) is 1. The van der Waals surface area contributed by atoms with Gasteiger partial charge in [0.05, 0.1) is 12.7 Å². The predicted octanol–water partition coefficient (Wildman–Crippen LogP) is 1.85. The normalized spacial score (nSPS) is 22.3. The lowest BCUT2D eigenvalue weighted by Crippen LogP contribution is -2.48. The number of aromatic nitrogens is 1. The van der Waals surface area contributed by atoms with Gasteiger partial charge in [0.1, 0.15) is 5.82 Å². The van der Waals surface area contributed by atoms with Crippen LogP contribution in [0.3, 0.4) is 0 Å². The van der Waals surface area contributed by atoms with E-state index < -0.39 is 0 Å². The number of pyridine rings is 1. The second-order valence-electron chi connectivity index (χ2n) is 7.84. The predicted molar refractivity (Wildman–Crippen MR) is 115 cm³/mol. The Hall–Kier alpha value is -1.86. The molecule has 0 spiro atoms. The molecule has 2 aliphatic rings. The molecule has 7 nitrogen and oxygen atoms in total. The largest absolute Gasteiger partial charge is 0.375 e. The molecule has 0 radical (unpaired) electrons. The van der Waals surface area contributed by atoms with Crippen LogP contribution >= 0.6 is 0 Å². The Morgan fingerprint density at radius 1 is 1.32 bits per heavy atom. The molecular weight excluding hydrogens is 352 g/mol. The van der Waals surface area contributed by atoms with Crippen molar-refractivity contribution in [3.63, 3.8) is 0 Å². The van der Waals surface area contributed by atoms with Gasteiger partial charge in [0.15, 0.2) is 5.96 Å². The highest BCUT2D eigenvalue weighted by Gasteiger charge is 2.20. The zero-order valence-electron chi connectivity index (χ0n) is 17.7. The summed E-state index contributed by atoms with van der Waals surface area (Å²) < 4.78 is 5.64. The standard InChI is InChI=1S/C21H36N6O/c1-4-9-26-10-6-19(7-11-26)25-21(22-3)24-15-18-5-8-23-20(14-18)27-12-13-28-17(2)16-27/h5,8,14,17,19H,4,6-7,9-13,15-16H2,1-3H3,(H2,22,24,25).